The summed E-state index contributed by atoms with van der Waals surface area (Å²) in [4.78, 5) is 9.12. The van der Waals surface area contributed by atoms with Crippen LogP contribution >= 0.6 is 11.8 Å². The average molecular weight is 256 g/mol. The van der Waals surface area contributed by atoms with Gasteiger partial charge in [-0.25, -0.2) is 9.97 Å². The van der Waals surface area contributed by atoms with Crippen molar-refractivity contribution in [1.82, 2.24) is 9.97 Å². The molecule has 1 heterocycles. The van der Waals surface area contributed by atoms with Crippen molar-refractivity contribution in [3.05, 3.63) is 47.9 Å². The van der Waals surface area contributed by atoms with Crippen LogP contribution in [0.25, 0.3) is 0 Å². The van der Waals surface area contributed by atoms with Gasteiger partial charge in [-0.05, 0) is 24.0 Å². The van der Waals surface area contributed by atoms with E-state index >= 15 is 0 Å². The zero-order valence-corrected chi connectivity index (χ0v) is 10.7. The van der Waals surface area contributed by atoms with Gasteiger partial charge in [0.05, 0.1) is 0 Å². The number of hydrogen-bond donors (Lipinski definition) is 1. The monoisotopic (exact) mass is 256 g/mol. The number of nitrogens with zero attached hydrogens (tertiary/aromatic N) is 3. The molecule has 0 bridgehead atoms. The normalized spacial score (nSPS) is 9.78. The number of hydrogen-bond acceptors (Lipinski definition) is 5. The van der Waals surface area contributed by atoms with Gasteiger partial charge in [0.15, 0.2) is 0 Å². The third-order valence-electron chi connectivity index (χ3n) is 2.41. The number of benzene rings is 1. The van der Waals surface area contributed by atoms with Crippen LogP contribution in [-0.4, -0.2) is 16.2 Å². The van der Waals surface area contributed by atoms with Gasteiger partial charge in [0.1, 0.15) is 23.9 Å². The van der Waals surface area contributed by atoms with Crippen LogP contribution in [0.1, 0.15) is 11.3 Å². The van der Waals surface area contributed by atoms with Gasteiger partial charge in [-0.15, -0.1) is 11.8 Å². The van der Waals surface area contributed by atoms with Crippen molar-refractivity contribution in [2.75, 3.05) is 11.6 Å². The highest BCUT2D eigenvalue weighted by molar-refractivity contribution is 7.98. The van der Waals surface area contributed by atoms with Crippen molar-refractivity contribution in [3.8, 4) is 6.07 Å². The average Bonchev–Trinajstić information content (AvgIpc) is 2.46. The number of anilines is 1. The van der Waals surface area contributed by atoms with Gasteiger partial charge in [0.2, 0.25) is 0 Å². The zero-order valence-electron chi connectivity index (χ0n) is 9.92. The summed E-state index contributed by atoms with van der Waals surface area (Å²) in [6.07, 6.45) is 3.44. The Morgan fingerprint density at radius 3 is 2.72 bits per heavy atom. The Bertz CT molecular complexity index is 560. The summed E-state index contributed by atoms with van der Waals surface area (Å²) >= 11 is 1.72. The molecule has 4 nitrogen and oxygen atoms in total. The minimum Gasteiger partial charge on any atom is -0.366 e. The fourth-order valence-electron chi connectivity index (χ4n) is 1.45. The molecule has 0 aliphatic heterocycles. The van der Waals surface area contributed by atoms with Crippen LogP contribution in [0.2, 0.25) is 0 Å². The summed E-state index contributed by atoms with van der Waals surface area (Å²) in [6, 6.07) is 11.9. The van der Waals surface area contributed by atoms with Crippen molar-refractivity contribution >= 4 is 17.6 Å². The number of nitriles is 1. The van der Waals surface area contributed by atoms with E-state index in [-0.39, 0.29) is 0 Å². The van der Waals surface area contributed by atoms with Crippen molar-refractivity contribution in [1.29, 1.82) is 5.26 Å². The molecule has 0 saturated carbocycles. The van der Waals surface area contributed by atoms with Gasteiger partial charge < -0.3 is 5.32 Å². The summed E-state index contributed by atoms with van der Waals surface area (Å²) in [5, 5.41) is 11.9. The summed E-state index contributed by atoms with van der Waals surface area (Å²) in [7, 11) is 0. The molecule has 2 aromatic rings. The molecule has 1 aromatic carbocycles. The highest BCUT2D eigenvalue weighted by Crippen LogP contribution is 2.15. The quantitative estimate of drug-likeness (QED) is 0.852. The van der Waals surface area contributed by atoms with E-state index in [1.54, 1.807) is 17.8 Å². The lowest BCUT2D eigenvalue weighted by molar-refractivity contribution is 1.07. The highest BCUT2D eigenvalue weighted by Gasteiger charge is 1.98. The maximum absolute atomic E-state index is 8.73. The molecular weight excluding hydrogens is 244 g/mol. The van der Waals surface area contributed by atoms with Gasteiger partial charge >= 0.3 is 0 Å². The maximum Gasteiger partial charge on any atom is 0.145 e. The van der Waals surface area contributed by atoms with Crippen molar-refractivity contribution in [3.63, 3.8) is 0 Å². The molecule has 0 saturated heterocycles. The van der Waals surface area contributed by atoms with Crippen LogP contribution in [-0.2, 0) is 6.54 Å². The van der Waals surface area contributed by atoms with E-state index in [4.69, 9.17) is 5.26 Å². The molecule has 0 fully saturated rings. The van der Waals surface area contributed by atoms with Crippen LogP contribution in [0.3, 0.4) is 0 Å². The van der Waals surface area contributed by atoms with Gasteiger partial charge in [-0.1, -0.05) is 12.1 Å². The van der Waals surface area contributed by atoms with Crippen LogP contribution in [0.15, 0.2) is 41.6 Å². The second kappa shape index (κ2) is 6.03. The third-order valence-corrected chi connectivity index (χ3v) is 3.16. The first-order valence-corrected chi connectivity index (χ1v) is 6.63. The Kier molecular flexibility index (Phi) is 4.15. The molecule has 90 valence electrons. The first kappa shape index (κ1) is 12.4. The van der Waals surface area contributed by atoms with Crippen LogP contribution < -0.4 is 5.32 Å². The van der Waals surface area contributed by atoms with Crippen molar-refractivity contribution in [2.24, 2.45) is 0 Å². The predicted molar refractivity (Wildman–Crippen MR) is 72.3 cm³/mol. The molecule has 2 rings (SSSR count). The molecule has 0 unspecified atom stereocenters. The van der Waals surface area contributed by atoms with Gasteiger partial charge in [0.25, 0.3) is 0 Å². The molecular formula is C13H12N4S. The predicted octanol–water partition coefficient (Wildman–Crippen LogP) is 2.68. The molecule has 1 N–H and O–H groups in total. The van der Waals surface area contributed by atoms with E-state index in [1.165, 1.54) is 16.8 Å². The zero-order chi connectivity index (χ0) is 12.8. The SMILES string of the molecule is CSc1ccc(CNc2cc(C#N)ncn2)cc1. The lowest BCUT2D eigenvalue weighted by Crippen LogP contribution is -2.02. The Balaban J connectivity index is 2.00. The Hall–Kier alpha value is -2.06. The number of rotatable bonds is 4. The number of thioether (sulfide) groups is 1. The molecule has 0 atom stereocenters. The lowest BCUT2D eigenvalue weighted by atomic mass is 10.2. The molecule has 1 aromatic heterocycles. The van der Waals surface area contributed by atoms with Gasteiger partial charge in [0, 0.05) is 17.5 Å². The molecule has 0 amide bonds. The topological polar surface area (TPSA) is 61.6 Å². The van der Waals surface area contributed by atoms with E-state index in [0.29, 0.717) is 18.1 Å². The van der Waals surface area contributed by atoms with E-state index in [1.807, 2.05) is 6.07 Å². The smallest absolute Gasteiger partial charge is 0.145 e. The van der Waals surface area contributed by atoms with Gasteiger partial charge in [-0.3, -0.25) is 0 Å². The maximum atomic E-state index is 8.73. The fraction of sp³-hybridized carbons (Fsp3) is 0.154. The number of nitrogens with one attached hydrogen (secondary N) is 1. The summed E-state index contributed by atoms with van der Waals surface area (Å²) in [6.45, 7) is 0.677. The summed E-state index contributed by atoms with van der Waals surface area (Å²) in [5.74, 6) is 0.662. The van der Waals surface area contributed by atoms with Crippen LogP contribution in [0.4, 0.5) is 5.82 Å². The molecule has 5 heteroatoms. The molecule has 0 aliphatic rings. The van der Waals surface area contributed by atoms with E-state index < -0.39 is 0 Å². The molecule has 0 spiro atoms. The third kappa shape index (κ3) is 3.22. The highest BCUT2D eigenvalue weighted by atomic mass is 32.2. The van der Waals surface area contributed by atoms with Crippen molar-refractivity contribution < 1.29 is 0 Å². The van der Waals surface area contributed by atoms with Crippen LogP contribution in [0, 0.1) is 11.3 Å². The molecule has 0 aliphatic carbocycles. The van der Waals surface area contributed by atoms with Crippen molar-refractivity contribution in [2.45, 2.75) is 11.4 Å². The van der Waals surface area contributed by atoms with E-state index in [9.17, 15) is 0 Å². The summed E-state index contributed by atoms with van der Waals surface area (Å²) in [5.41, 5.74) is 1.54. The molecule has 0 radical (unpaired) electrons. The second-order valence-corrected chi connectivity index (χ2v) is 4.48. The lowest BCUT2D eigenvalue weighted by Gasteiger charge is -2.06. The fourth-order valence-corrected chi connectivity index (χ4v) is 1.86. The standard InChI is InChI=1S/C13H12N4S/c1-18-12-4-2-10(3-5-12)8-15-13-6-11(7-14)16-9-17-13/h2-6,9H,8H2,1H3,(H,15,16,17). The second-order valence-electron chi connectivity index (χ2n) is 3.60. The molecule has 18 heavy (non-hydrogen) atoms. The largest absolute Gasteiger partial charge is 0.366 e. The summed E-state index contributed by atoms with van der Waals surface area (Å²) < 4.78 is 0. The first-order chi connectivity index (χ1) is 8.81. The minimum atomic E-state index is 0.366. The van der Waals surface area contributed by atoms with Gasteiger partial charge in [-0.2, -0.15) is 5.26 Å². The Morgan fingerprint density at radius 2 is 2.06 bits per heavy atom. The van der Waals surface area contributed by atoms with Crippen LogP contribution in [0.5, 0.6) is 0 Å². The Morgan fingerprint density at radius 1 is 1.28 bits per heavy atom. The number of aromatic nitrogens is 2. The van der Waals surface area contributed by atoms with E-state index in [0.717, 1.165) is 0 Å². The Labute approximate surface area is 110 Å². The first-order valence-electron chi connectivity index (χ1n) is 5.41. The van der Waals surface area contributed by atoms with E-state index in [2.05, 4.69) is 45.8 Å². The minimum absolute atomic E-state index is 0.366.